The molecule has 1 aromatic rings. The van der Waals surface area contributed by atoms with Crippen molar-refractivity contribution in [1.29, 1.82) is 0 Å². The molecule has 76 valence electrons. The van der Waals surface area contributed by atoms with Crippen LogP contribution in [0.5, 0.6) is 0 Å². The van der Waals surface area contributed by atoms with E-state index < -0.39 is 0 Å². The second-order valence-electron chi connectivity index (χ2n) is 3.98. The Hall–Kier alpha value is -0.410. The first-order valence-corrected chi connectivity index (χ1v) is 5.62. The standard InChI is InChI=1S/C11H13BrFN/c12-9-5-8(6-10(13)7-9)11(1-2-11)3-4-14/h5-7H,1-4,14H2. The molecule has 0 radical (unpaired) electrons. The summed E-state index contributed by atoms with van der Waals surface area (Å²) in [5.41, 5.74) is 6.83. The van der Waals surface area contributed by atoms with Gasteiger partial charge in [-0.2, -0.15) is 0 Å². The molecule has 1 fully saturated rings. The van der Waals surface area contributed by atoms with E-state index in [-0.39, 0.29) is 11.2 Å². The third-order valence-electron chi connectivity index (χ3n) is 2.95. The lowest BCUT2D eigenvalue weighted by Crippen LogP contribution is -2.13. The molecule has 0 aromatic heterocycles. The van der Waals surface area contributed by atoms with Crippen LogP contribution < -0.4 is 5.73 Å². The molecular formula is C11H13BrFN. The number of hydrogen-bond donors (Lipinski definition) is 1. The van der Waals surface area contributed by atoms with Crippen LogP contribution >= 0.6 is 15.9 Å². The minimum absolute atomic E-state index is 0.169. The monoisotopic (exact) mass is 257 g/mol. The highest BCUT2D eigenvalue weighted by atomic mass is 79.9. The molecule has 0 amide bonds. The van der Waals surface area contributed by atoms with Gasteiger partial charge in [0.1, 0.15) is 5.82 Å². The van der Waals surface area contributed by atoms with Gasteiger partial charge in [0.05, 0.1) is 0 Å². The molecule has 0 atom stereocenters. The minimum Gasteiger partial charge on any atom is -0.330 e. The van der Waals surface area contributed by atoms with Crippen LogP contribution in [0.15, 0.2) is 22.7 Å². The molecule has 0 spiro atoms. The highest BCUT2D eigenvalue weighted by Gasteiger charge is 2.43. The topological polar surface area (TPSA) is 26.0 Å². The van der Waals surface area contributed by atoms with Crippen LogP contribution in [0.3, 0.4) is 0 Å². The summed E-state index contributed by atoms with van der Waals surface area (Å²) in [6, 6.07) is 5.13. The molecule has 1 aliphatic carbocycles. The van der Waals surface area contributed by atoms with E-state index in [2.05, 4.69) is 15.9 Å². The van der Waals surface area contributed by atoms with E-state index in [1.54, 1.807) is 6.07 Å². The van der Waals surface area contributed by atoms with Gasteiger partial charge in [-0.25, -0.2) is 4.39 Å². The first-order valence-electron chi connectivity index (χ1n) is 4.83. The van der Waals surface area contributed by atoms with Crippen molar-refractivity contribution in [1.82, 2.24) is 0 Å². The van der Waals surface area contributed by atoms with Gasteiger partial charge in [0.25, 0.3) is 0 Å². The van der Waals surface area contributed by atoms with E-state index in [0.717, 1.165) is 29.3 Å². The van der Waals surface area contributed by atoms with E-state index in [9.17, 15) is 4.39 Å². The summed E-state index contributed by atoms with van der Waals surface area (Å²) in [5.74, 6) is -0.169. The molecule has 1 aliphatic rings. The Labute approximate surface area is 91.6 Å². The Kier molecular flexibility index (Phi) is 2.62. The predicted octanol–water partition coefficient (Wildman–Crippen LogP) is 2.97. The average molecular weight is 258 g/mol. The summed E-state index contributed by atoms with van der Waals surface area (Å²) in [7, 11) is 0. The molecule has 0 unspecified atom stereocenters. The zero-order chi connectivity index (χ0) is 10.2. The van der Waals surface area contributed by atoms with Crippen LogP contribution in [0.25, 0.3) is 0 Å². The van der Waals surface area contributed by atoms with Crippen molar-refractivity contribution in [3.8, 4) is 0 Å². The average Bonchev–Trinajstić information content (AvgIpc) is 2.84. The Morgan fingerprint density at radius 2 is 2.07 bits per heavy atom. The van der Waals surface area contributed by atoms with E-state index in [1.165, 1.54) is 6.07 Å². The zero-order valence-electron chi connectivity index (χ0n) is 7.89. The summed E-state index contributed by atoms with van der Waals surface area (Å²) in [4.78, 5) is 0. The SMILES string of the molecule is NCCC1(c2cc(F)cc(Br)c2)CC1. The Morgan fingerprint density at radius 1 is 1.36 bits per heavy atom. The number of nitrogens with two attached hydrogens (primary N) is 1. The van der Waals surface area contributed by atoms with Crippen LogP contribution in [0.2, 0.25) is 0 Å². The van der Waals surface area contributed by atoms with Gasteiger partial charge in [-0.15, -0.1) is 0 Å². The zero-order valence-corrected chi connectivity index (χ0v) is 9.48. The number of rotatable bonds is 3. The number of halogens is 2. The van der Waals surface area contributed by atoms with Crippen LogP contribution in [-0.2, 0) is 5.41 Å². The maximum absolute atomic E-state index is 13.2. The minimum atomic E-state index is -0.169. The first-order chi connectivity index (χ1) is 6.66. The molecular weight excluding hydrogens is 245 g/mol. The van der Waals surface area contributed by atoms with E-state index in [0.29, 0.717) is 6.54 Å². The van der Waals surface area contributed by atoms with Crippen molar-refractivity contribution >= 4 is 15.9 Å². The van der Waals surface area contributed by atoms with E-state index >= 15 is 0 Å². The third-order valence-corrected chi connectivity index (χ3v) is 3.41. The second kappa shape index (κ2) is 3.63. The molecule has 0 aliphatic heterocycles. The van der Waals surface area contributed by atoms with Crippen molar-refractivity contribution in [2.75, 3.05) is 6.54 Å². The second-order valence-corrected chi connectivity index (χ2v) is 4.89. The lowest BCUT2D eigenvalue weighted by Gasteiger charge is -2.14. The van der Waals surface area contributed by atoms with Crippen LogP contribution in [0, 0.1) is 5.82 Å². The molecule has 0 saturated heterocycles. The first kappa shape index (κ1) is 10.1. The van der Waals surface area contributed by atoms with Gasteiger partial charge in [-0.3, -0.25) is 0 Å². The van der Waals surface area contributed by atoms with Gasteiger partial charge in [0.2, 0.25) is 0 Å². The van der Waals surface area contributed by atoms with Crippen LogP contribution in [-0.4, -0.2) is 6.54 Å². The quantitative estimate of drug-likeness (QED) is 0.886. The molecule has 1 aromatic carbocycles. The van der Waals surface area contributed by atoms with E-state index in [4.69, 9.17) is 5.73 Å². The highest BCUT2D eigenvalue weighted by molar-refractivity contribution is 9.10. The third kappa shape index (κ3) is 1.84. The van der Waals surface area contributed by atoms with Crippen molar-refractivity contribution in [3.05, 3.63) is 34.1 Å². The Balaban J connectivity index is 2.32. The van der Waals surface area contributed by atoms with Crippen molar-refractivity contribution in [3.63, 3.8) is 0 Å². The maximum atomic E-state index is 13.2. The van der Waals surface area contributed by atoms with Gasteiger partial charge in [-0.1, -0.05) is 15.9 Å². The molecule has 2 rings (SSSR count). The lowest BCUT2D eigenvalue weighted by molar-refractivity contribution is 0.598. The molecule has 14 heavy (non-hydrogen) atoms. The summed E-state index contributed by atoms with van der Waals surface area (Å²) in [6.45, 7) is 0.675. The summed E-state index contributed by atoms with van der Waals surface area (Å²) in [5, 5.41) is 0. The maximum Gasteiger partial charge on any atom is 0.124 e. The Morgan fingerprint density at radius 3 is 2.57 bits per heavy atom. The fourth-order valence-corrected chi connectivity index (χ4v) is 2.44. The van der Waals surface area contributed by atoms with Crippen molar-refractivity contribution in [2.24, 2.45) is 5.73 Å². The molecule has 0 heterocycles. The largest absolute Gasteiger partial charge is 0.330 e. The van der Waals surface area contributed by atoms with Crippen molar-refractivity contribution in [2.45, 2.75) is 24.7 Å². The fraction of sp³-hybridized carbons (Fsp3) is 0.455. The Bertz CT molecular complexity index is 327. The van der Waals surface area contributed by atoms with Gasteiger partial charge in [0.15, 0.2) is 0 Å². The fourth-order valence-electron chi connectivity index (χ4n) is 1.97. The van der Waals surface area contributed by atoms with Crippen molar-refractivity contribution < 1.29 is 4.39 Å². The normalized spacial score (nSPS) is 18.2. The van der Waals surface area contributed by atoms with E-state index in [1.807, 2.05) is 6.07 Å². The summed E-state index contributed by atoms with van der Waals surface area (Å²) in [6.07, 6.45) is 3.24. The van der Waals surface area contributed by atoms with Gasteiger partial charge in [-0.05, 0) is 55.0 Å². The summed E-state index contributed by atoms with van der Waals surface area (Å²) < 4.78 is 14.0. The molecule has 1 nitrogen and oxygen atoms in total. The molecule has 2 N–H and O–H groups in total. The molecule has 3 heteroatoms. The van der Waals surface area contributed by atoms with Gasteiger partial charge < -0.3 is 5.73 Å². The smallest absolute Gasteiger partial charge is 0.124 e. The summed E-state index contributed by atoms with van der Waals surface area (Å²) >= 11 is 3.31. The molecule has 0 bridgehead atoms. The lowest BCUT2D eigenvalue weighted by atomic mass is 9.92. The van der Waals surface area contributed by atoms with Gasteiger partial charge in [0, 0.05) is 4.47 Å². The number of hydrogen-bond acceptors (Lipinski definition) is 1. The van der Waals surface area contributed by atoms with Crippen LogP contribution in [0.4, 0.5) is 4.39 Å². The highest BCUT2D eigenvalue weighted by Crippen LogP contribution is 2.51. The predicted molar refractivity (Wildman–Crippen MR) is 58.7 cm³/mol. The molecule has 1 saturated carbocycles. The van der Waals surface area contributed by atoms with Gasteiger partial charge >= 0.3 is 0 Å². The van der Waals surface area contributed by atoms with Crippen LogP contribution in [0.1, 0.15) is 24.8 Å². The number of benzene rings is 1.